The number of nitrogens with zero attached hydrogens (tertiary/aromatic N) is 2. The second-order valence-electron chi connectivity index (χ2n) is 8.81. The number of aromatic nitrogens is 2. The molecule has 1 heterocycles. The fourth-order valence-corrected chi connectivity index (χ4v) is 3.90. The first-order chi connectivity index (χ1) is 13.1. The van der Waals surface area contributed by atoms with Crippen molar-refractivity contribution in [3.05, 3.63) is 52.1 Å². The van der Waals surface area contributed by atoms with Gasteiger partial charge in [-0.15, -0.1) is 0 Å². The normalized spacial score (nSPS) is 12.4. The van der Waals surface area contributed by atoms with E-state index >= 15 is 0 Å². The minimum absolute atomic E-state index is 0.111. The van der Waals surface area contributed by atoms with Gasteiger partial charge in [-0.25, -0.2) is 4.98 Å². The maximum absolute atomic E-state index is 12.0. The number of unbranched alkanes of at least 4 members (excludes halogenated alkanes) is 1. The molecule has 2 rings (SSSR count). The molecule has 0 radical (unpaired) electrons. The summed E-state index contributed by atoms with van der Waals surface area (Å²) >= 11 is 6.36. The van der Waals surface area contributed by atoms with Crippen molar-refractivity contribution in [3.63, 3.8) is 0 Å². The van der Waals surface area contributed by atoms with Crippen molar-refractivity contribution >= 4 is 26.2 Å². The number of imidazole rings is 1. The van der Waals surface area contributed by atoms with E-state index in [1.807, 2.05) is 28.8 Å². The van der Waals surface area contributed by atoms with Gasteiger partial charge in [-0.05, 0) is 36.2 Å². The smallest absolute Gasteiger partial charge is 0.192 e. The maximum Gasteiger partial charge on any atom is 0.192 e. The number of carbonyl (C=O) groups is 1. The summed E-state index contributed by atoms with van der Waals surface area (Å²) in [6.45, 7) is 14.1. The van der Waals surface area contributed by atoms with E-state index in [0.717, 1.165) is 42.6 Å². The van der Waals surface area contributed by atoms with Crippen molar-refractivity contribution in [3.8, 4) is 0 Å². The molecule has 0 saturated carbocycles. The van der Waals surface area contributed by atoms with E-state index in [9.17, 15) is 4.79 Å². The molecule has 0 atom stereocenters. The van der Waals surface area contributed by atoms with Gasteiger partial charge < -0.3 is 8.99 Å². The molecule has 0 N–H and O–H groups in total. The average Bonchev–Trinajstić information content (AvgIpc) is 2.95. The predicted octanol–water partition coefficient (Wildman–Crippen LogP) is 6.26. The zero-order valence-electron chi connectivity index (χ0n) is 18.0. The number of hydrogen-bond acceptors (Lipinski definition) is 3. The SMILES string of the molecule is CCCCc1nc(CO[Si](C)(C)C(C)(C)C)c(C=O)n1Cc1ccccc1Cl. The molecule has 0 fully saturated rings. The summed E-state index contributed by atoms with van der Waals surface area (Å²) in [5.41, 5.74) is 2.32. The molecule has 28 heavy (non-hydrogen) atoms. The van der Waals surface area contributed by atoms with Gasteiger partial charge in [0.1, 0.15) is 11.5 Å². The fraction of sp³-hybridized carbons (Fsp3) is 0.545. The molecule has 0 saturated heterocycles. The zero-order chi connectivity index (χ0) is 20.9. The van der Waals surface area contributed by atoms with E-state index in [1.54, 1.807) is 0 Å². The number of hydrogen-bond donors (Lipinski definition) is 0. The van der Waals surface area contributed by atoms with Gasteiger partial charge in [-0.2, -0.15) is 0 Å². The third-order valence-electron chi connectivity index (χ3n) is 5.69. The van der Waals surface area contributed by atoms with Crippen LogP contribution < -0.4 is 0 Å². The van der Waals surface area contributed by atoms with Crippen molar-refractivity contribution in [1.29, 1.82) is 0 Å². The van der Waals surface area contributed by atoms with Crippen LogP contribution in [0.5, 0.6) is 0 Å². The summed E-state index contributed by atoms with van der Waals surface area (Å²) in [5, 5.41) is 0.813. The Hall–Kier alpha value is -1.43. The van der Waals surface area contributed by atoms with Crippen molar-refractivity contribution in [2.45, 2.75) is 78.2 Å². The summed E-state index contributed by atoms with van der Waals surface area (Å²) in [4.78, 5) is 16.8. The Kier molecular flexibility index (Phi) is 7.65. The Balaban J connectivity index is 2.37. The van der Waals surface area contributed by atoms with E-state index in [4.69, 9.17) is 21.0 Å². The number of rotatable bonds is 9. The van der Waals surface area contributed by atoms with Crippen LogP contribution in [0.1, 0.15) is 68.1 Å². The van der Waals surface area contributed by atoms with Crippen molar-refractivity contribution in [1.82, 2.24) is 9.55 Å². The summed E-state index contributed by atoms with van der Waals surface area (Å²) in [7, 11) is -1.93. The molecule has 0 unspecified atom stereocenters. The number of aldehydes is 1. The molecule has 4 nitrogen and oxygen atoms in total. The van der Waals surface area contributed by atoms with Crippen LogP contribution >= 0.6 is 11.6 Å². The minimum atomic E-state index is -1.93. The summed E-state index contributed by atoms with van der Waals surface area (Å²) < 4.78 is 8.36. The number of benzene rings is 1. The van der Waals surface area contributed by atoms with Crippen LogP contribution in [0.2, 0.25) is 23.2 Å². The molecule has 0 aliphatic heterocycles. The predicted molar refractivity (Wildman–Crippen MR) is 119 cm³/mol. The quantitative estimate of drug-likeness (QED) is 0.355. The van der Waals surface area contributed by atoms with Crippen LogP contribution in [-0.4, -0.2) is 24.2 Å². The lowest BCUT2D eigenvalue weighted by Gasteiger charge is -2.35. The van der Waals surface area contributed by atoms with Crippen molar-refractivity contribution in [2.24, 2.45) is 0 Å². The van der Waals surface area contributed by atoms with E-state index in [0.29, 0.717) is 23.9 Å². The van der Waals surface area contributed by atoms with Crippen LogP contribution in [-0.2, 0) is 24.0 Å². The molecule has 6 heteroatoms. The third-order valence-corrected chi connectivity index (χ3v) is 10.5. The number of halogens is 1. The molecule has 0 bridgehead atoms. The molecule has 0 aliphatic carbocycles. The highest BCUT2D eigenvalue weighted by Crippen LogP contribution is 2.37. The van der Waals surface area contributed by atoms with E-state index in [-0.39, 0.29) is 5.04 Å². The van der Waals surface area contributed by atoms with Gasteiger partial charge in [0, 0.05) is 11.4 Å². The lowest BCUT2D eigenvalue weighted by atomic mass is 10.2. The zero-order valence-corrected chi connectivity index (χ0v) is 19.8. The van der Waals surface area contributed by atoms with Crippen molar-refractivity contribution < 1.29 is 9.22 Å². The molecular weight excluding hydrogens is 388 g/mol. The van der Waals surface area contributed by atoms with Gasteiger partial charge in [-0.1, -0.05) is 63.9 Å². The van der Waals surface area contributed by atoms with Gasteiger partial charge in [0.25, 0.3) is 0 Å². The lowest BCUT2D eigenvalue weighted by molar-refractivity contribution is 0.111. The molecule has 1 aromatic heterocycles. The first-order valence-corrected chi connectivity index (χ1v) is 13.3. The monoisotopic (exact) mass is 420 g/mol. The number of carbonyl (C=O) groups excluding carboxylic acids is 1. The van der Waals surface area contributed by atoms with Crippen LogP contribution in [0.3, 0.4) is 0 Å². The van der Waals surface area contributed by atoms with E-state index in [2.05, 4.69) is 40.8 Å². The van der Waals surface area contributed by atoms with Gasteiger partial charge in [-0.3, -0.25) is 4.79 Å². The minimum Gasteiger partial charge on any atom is -0.411 e. The molecule has 0 spiro atoms. The highest BCUT2D eigenvalue weighted by molar-refractivity contribution is 6.74. The van der Waals surface area contributed by atoms with Crippen LogP contribution in [0.15, 0.2) is 24.3 Å². The number of aryl methyl sites for hydroxylation is 1. The fourth-order valence-electron chi connectivity index (χ4n) is 2.77. The van der Waals surface area contributed by atoms with Gasteiger partial charge in [0.05, 0.1) is 18.8 Å². The molecular formula is C22H33ClN2O2Si. The van der Waals surface area contributed by atoms with E-state index < -0.39 is 8.32 Å². The van der Waals surface area contributed by atoms with Gasteiger partial charge in [0.15, 0.2) is 14.6 Å². The Morgan fingerprint density at radius 3 is 2.50 bits per heavy atom. The summed E-state index contributed by atoms with van der Waals surface area (Å²) in [6.07, 6.45) is 3.84. The summed E-state index contributed by atoms with van der Waals surface area (Å²) in [6, 6.07) is 7.75. The van der Waals surface area contributed by atoms with Gasteiger partial charge in [0.2, 0.25) is 0 Å². The maximum atomic E-state index is 12.0. The second-order valence-corrected chi connectivity index (χ2v) is 14.0. The van der Waals surface area contributed by atoms with Gasteiger partial charge >= 0.3 is 0 Å². The Morgan fingerprint density at radius 1 is 1.25 bits per heavy atom. The topological polar surface area (TPSA) is 44.1 Å². The van der Waals surface area contributed by atoms with Crippen LogP contribution in [0, 0.1) is 0 Å². The third kappa shape index (κ3) is 5.34. The largest absolute Gasteiger partial charge is 0.411 e. The molecule has 154 valence electrons. The molecule has 0 aliphatic rings. The first-order valence-electron chi connectivity index (χ1n) is 10.0. The Morgan fingerprint density at radius 2 is 1.93 bits per heavy atom. The van der Waals surface area contributed by atoms with Crippen LogP contribution in [0.25, 0.3) is 0 Å². The lowest BCUT2D eigenvalue weighted by Crippen LogP contribution is -2.40. The second kappa shape index (κ2) is 9.38. The highest BCUT2D eigenvalue weighted by atomic mass is 35.5. The Labute approximate surface area is 175 Å². The average molecular weight is 421 g/mol. The Bertz CT molecular complexity index is 809. The molecule has 0 amide bonds. The summed E-state index contributed by atoms with van der Waals surface area (Å²) in [5.74, 6) is 0.928. The van der Waals surface area contributed by atoms with E-state index in [1.165, 1.54) is 0 Å². The standard InChI is InChI=1S/C22H33ClN2O2Si/c1-7-8-13-21-24-19(16-27-28(5,6)22(2,3)4)20(15-26)25(21)14-17-11-9-10-12-18(17)23/h9-12,15H,7-8,13-14,16H2,1-6H3. The van der Waals surface area contributed by atoms with Crippen molar-refractivity contribution in [2.75, 3.05) is 0 Å². The molecule has 2 aromatic rings. The first kappa shape index (κ1) is 22.9. The van der Waals surface area contributed by atoms with Crippen LogP contribution in [0.4, 0.5) is 0 Å². The molecule has 1 aromatic carbocycles. The highest BCUT2D eigenvalue weighted by Gasteiger charge is 2.37.